The fourth-order valence-electron chi connectivity index (χ4n) is 4.89. The molecule has 1 N–H and O–H groups in total. The van der Waals surface area contributed by atoms with Crippen molar-refractivity contribution in [2.45, 2.75) is 43.3 Å². The Morgan fingerprint density at radius 2 is 1.74 bits per heavy atom. The van der Waals surface area contributed by atoms with Crippen LogP contribution in [0.15, 0.2) is 65.6 Å². The summed E-state index contributed by atoms with van der Waals surface area (Å²) in [4.78, 5) is 29.6. The molecule has 0 spiro atoms. The first-order valence-electron chi connectivity index (χ1n) is 11.6. The molecule has 3 aromatic rings. The van der Waals surface area contributed by atoms with Gasteiger partial charge in [0.15, 0.2) is 0 Å². The molecular weight excluding hydrogens is 486 g/mol. The number of nitrogens with zero attached hydrogens (tertiary/aromatic N) is 2. The third-order valence-corrected chi connectivity index (χ3v) is 8.59. The van der Waals surface area contributed by atoms with Crippen LogP contribution in [-0.2, 0) is 32.6 Å². The van der Waals surface area contributed by atoms with Crippen LogP contribution in [0.4, 0.5) is 0 Å². The molecule has 35 heavy (non-hydrogen) atoms. The van der Waals surface area contributed by atoms with Gasteiger partial charge in [-0.15, -0.1) is 0 Å². The molecule has 2 aliphatic heterocycles. The molecular formula is C26H26ClN3O4S. The van der Waals surface area contributed by atoms with Gasteiger partial charge in [0.25, 0.3) is 0 Å². The molecule has 182 valence electrons. The molecule has 0 radical (unpaired) electrons. The number of rotatable bonds is 5. The van der Waals surface area contributed by atoms with Crippen molar-refractivity contribution >= 4 is 44.2 Å². The Labute approximate surface area is 209 Å². The SMILES string of the molecule is C[C@@H](C(=O)N1CCc2ccccc2C1)N1CC[C@H](NS(=O)(=O)c2ccc3cc(Cl)ccc3c2)C1=O. The van der Waals surface area contributed by atoms with Crippen LogP contribution in [0.2, 0.25) is 5.02 Å². The summed E-state index contributed by atoms with van der Waals surface area (Å²) in [6, 6.07) is 16.5. The van der Waals surface area contributed by atoms with Crippen molar-refractivity contribution in [2.75, 3.05) is 13.1 Å². The fraction of sp³-hybridized carbons (Fsp3) is 0.308. The zero-order chi connectivity index (χ0) is 24.7. The quantitative estimate of drug-likeness (QED) is 0.569. The Balaban J connectivity index is 1.27. The van der Waals surface area contributed by atoms with E-state index in [4.69, 9.17) is 11.6 Å². The summed E-state index contributed by atoms with van der Waals surface area (Å²) in [7, 11) is -3.93. The summed E-state index contributed by atoms with van der Waals surface area (Å²) in [5.74, 6) is -0.496. The van der Waals surface area contributed by atoms with Crippen LogP contribution >= 0.6 is 11.6 Å². The molecule has 2 amide bonds. The number of sulfonamides is 1. The molecule has 0 aliphatic carbocycles. The zero-order valence-electron chi connectivity index (χ0n) is 19.3. The number of hydrogen-bond donors (Lipinski definition) is 1. The van der Waals surface area contributed by atoms with Gasteiger partial charge in [0.1, 0.15) is 12.1 Å². The maximum atomic E-state index is 13.2. The summed E-state index contributed by atoms with van der Waals surface area (Å²) in [6.07, 6.45) is 1.09. The Hall–Kier alpha value is -2.94. The van der Waals surface area contributed by atoms with Crippen molar-refractivity contribution < 1.29 is 18.0 Å². The lowest BCUT2D eigenvalue weighted by Gasteiger charge is -2.33. The van der Waals surface area contributed by atoms with Crippen LogP contribution in [0.1, 0.15) is 24.5 Å². The normalized spacial score (nSPS) is 19.1. The third-order valence-electron chi connectivity index (χ3n) is 6.89. The Kier molecular flexibility index (Phi) is 6.29. The Morgan fingerprint density at radius 3 is 2.54 bits per heavy atom. The van der Waals surface area contributed by atoms with Crippen molar-refractivity contribution in [1.29, 1.82) is 0 Å². The van der Waals surface area contributed by atoms with Gasteiger partial charge in [0.2, 0.25) is 21.8 Å². The molecule has 2 aliphatic rings. The van der Waals surface area contributed by atoms with E-state index in [1.165, 1.54) is 16.5 Å². The Morgan fingerprint density at radius 1 is 1.03 bits per heavy atom. The lowest BCUT2D eigenvalue weighted by molar-refractivity contribution is -0.143. The summed E-state index contributed by atoms with van der Waals surface area (Å²) in [5.41, 5.74) is 2.36. The number of fused-ring (bicyclic) bond motifs is 2. The van der Waals surface area contributed by atoms with E-state index in [9.17, 15) is 18.0 Å². The van der Waals surface area contributed by atoms with Crippen LogP contribution in [0, 0.1) is 0 Å². The molecule has 1 saturated heterocycles. The van der Waals surface area contributed by atoms with E-state index >= 15 is 0 Å². The van der Waals surface area contributed by atoms with Gasteiger partial charge in [-0.2, -0.15) is 4.72 Å². The predicted octanol–water partition coefficient (Wildman–Crippen LogP) is 3.35. The molecule has 5 rings (SSSR count). The fourth-order valence-corrected chi connectivity index (χ4v) is 6.33. The zero-order valence-corrected chi connectivity index (χ0v) is 20.8. The van der Waals surface area contributed by atoms with Gasteiger partial charge in [-0.05, 0) is 65.9 Å². The van der Waals surface area contributed by atoms with E-state index in [2.05, 4.69) is 10.8 Å². The van der Waals surface area contributed by atoms with Gasteiger partial charge in [0, 0.05) is 24.7 Å². The van der Waals surface area contributed by atoms with Gasteiger partial charge in [-0.1, -0.05) is 48.0 Å². The number of amides is 2. The molecule has 0 bridgehead atoms. The maximum absolute atomic E-state index is 13.2. The second kappa shape index (κ2) is 9.26. The molecule has 1 fully saturated rings. The lowest BCUT2D eigenvalue weighted by atomic mass is 9.99. The topological polar surface area (TPSA) is 86.8 Å². The Bertz CT molecular complexity index is 1430. The van der Waals surface area contributed by atoms with Crippen LogP contribution in [-0.4, -0.2) is 55.2 Å². The average molecular weight is 512 g/mol. The number of hydrogen-bond acceptors (Lipinski definition) is 4. The van der Waals surface area contributed by atoms with Crippen LogP contribution in [0.25, 0.3) is 10.8 Å². The number of likely N-dealkylation sites (tertiary alicyclic amines) is 1. The van der Waals surface area contributed by atoms with E-state index in [-0.39, 0.29) is 16.7 Å². The second-order valence-electron chi connectivity index (χ2n) is 9.10. The van der Waals surface area contributed by atoms with Crippen molar-refractivity contribution in [3.05, 3.63) is 76.8 Å². The number of halogens is 1. The minimum Gasteiger partial charge on any atom is -0.336 e. The molecule has 3 aromatic carbocycles. The summed E-state index contributed by atoms with van der Waals surface area (Å²) in [5, 5.41) is 2.13. The van der Waals surface area contributed by atoms with Crippen molar-refractivity contribution in [3.8, 4) is 0 Å². The van der Waals surface area contributed by atoms with E-state index in [0.717, 1.165) is 22.8 Å². The van der Waals surface area contributed by atoms with Gasteiger partial charge in [-0.25, -0.2) is 8.42 Å². The molecule has 0 saturated carbocycles. The number of benzene rings is 3. The average Bonchev–Trinajstić information content (AvgIpc) is 3.21. The third kappa shape index (κ3) is 4.66. The highest BCUT2D eigenvalue weighted by atomic mass is 35.5. The number of carbonyl (C=O) groups excluding carboxylic acids is 2. The van der Waals surface area contributed by atoms with E-state index < -0.39 is 22.1 Å². The van der Waals surface area contributed by atoms with Crippen LogP contribution in [0.5, 0.6) is 0 Å². The smallest absolute Gasteiger partial charge is 0.245 e. The highest BCUT2D eigenvalue weighted by molar-refractivity contribution is 7.89. The van der Waals surface area contributed by atoms with E-state index in [0.29, 0.717) is 31.1 Å². The first kappa shape index (κ1) is 23.8. The highest BCUT2D eigenvalue weighted by Crippen LogP contribution is 2.25. The van der Waals surface area contributed by atoms with Gasteiger partial charge < -0.3 is 9.80 Å². The highest BCUT2D eigenvalue weighted by Gasteiger charge is 2.40. The van der Waals surface area contributed by atoms with Crippen molar-refractivity contribution in [2.24, 2.45) is 0 Å². The second-order valence-corrected chi connectivity index (χ2v) is 11.3. The molecule has 2 atom stereocenters. The first-order chi connectivity index (χ1) is 16.7. The summed E-state index contributed by atoms with van der Waals surface area (Å²) in [6.45, 7) is 3.15. The van der Waals surface area contributed by atoms with E-state index in [1.54, 1.807) is 42.2 Å². The van der Waals surface area contributed by atoms with Gasteiger partial charge >= 0.3 is 0 Å². The van der Waals surface area contributed by atoms with Crippen molar-refractivity contribution in [3.63, 3.8) is 0 Å². The van der Waals surface area contributed by atoms with Gasteiger partial charge in [-0.3, -0.25) is 9.59 Å². The first-order valence-corrected chi connectivity index (χ1v) is 13.5. The maximum Gasteiger partial charge on any atom is 0.245 e. The number of nitrogens with one attached hydrogen (secondary N) is 1. The minimum absolute atomic E-state index is 0.0784. The van der Waals surface area contributed by atoms with E-state index in [1.807, 2.05) is 18.2 Å². The van der Waals surface area contributed by atoms with Crippen LogP contribution in [0.3, 0.4) is 0 Å². The van der Waals surface area contributed by atoms with Crippen molar-refractivity contribution in [1.82, 2.24) is 14.5 Å². The minimum atomic E-state index is -3.93. The largest absolute Gasteiger partial charge is 0.336 e. The molecule has 7 nitrogen and oxygen atoms in total. The lowest BCUT2D eigenvalue weighted by Crippen LogP contribution is -2.51. The summed E-state index contributed by atoms with van der Waals surface area (Å²) < 4.78 is 28.6. The number of carbonyl (C=O) groups is 2. The molecule has 2 heterocycles. The summed E-state index contributed by atoms with van der Waals surface area (Å²) >= 11 is 6.01. The molecule has 0 unspecified atom stereocenters. The molecule has 9 heteroatoms. The predicted molar refractivity (Wildman–Crippen MR) is 134 cm³/mol. The van der Waals surface area contributed by atoms with Gasteiger partial charge in [0.05, 0.1) is 4.90 Å². The van der Waals surface area contributed by atoms with Crippen LogP contribution < -0.4 is 4.72 Å². The monoisotopic (exact) mass is 511 g/mol. The standard InChI is InChI=1S/C26H26ClN3O4S/c1-17(25(31)29-12-10-18-4-2-3-5-21(18)16-29)30-13-11-24(26(30)32)28-35(33,34)23-9-7-19-14-22(27)8-6-20(19)15-23/h2-9,14-15,17,24,28H,10-13,16H2,1H3/t17-,24-/m0/s1. The molecule has 0 aromatic heterocycles.